The molecule has 0 aromatic carbocycles. The number of imidazole rings is 1. The Kier molecular flexibility index (Phi) is 5.63. The zero-order valence-corrected chi connectivity index (χ0v) is 13.5. The quantitative estimate of drug-likeness (QED) is 0.739. The lowest BCUT2D eigenvalue weighted by Crippen LogP contribution is -2.26. The van der Waals surface area contributed by atoms with Crippen molar-refractivity contribution < 1.29 is 28.2 Å². The van der Waals surface area contributed by atoms with Gasteiger partial charge in [-0.3, -0.25) is 4.79 Å². The minimum absolute atomic E-state index is 0.0552. The molecule has 0 aliphatic rings. The highest BCUT2D eigenvalue weighted by Crippen LogP contribution is 2.31. The van der Waals surface area contributed by atoms with Crippen LogP contribution in [0.1, 0.15) is 23.2 Å². The average Bonchev–Trinajstić information content (AvgIpc) is 2.84. The molecular weight excluding hydrogens is 338 g/mol. The highest BCUT2D eigenvalue weighted by molar-refractivity contribution is 5.99. The SMILES string of the molecule is CC(=O)c1c(-c2cccnc2OC(F)F)nc(C)n1CCNC(=O)O. The molecule has 2 rings (SSSR count). The first kappa shape index (κ1) is 18.3. The lowest BCUT2D eigenvalue weighted by atomic mass is 10.1. The molecule has 25 heavy (non-hydrogen) atoms. The molecule has 2 aromatic rings. The lowest BCUT2D eigenvalue weighted by Gasteiger charge is -2.11. The van der Waals surface area contributed by atoms with Crippen molar-refractivity contribution in [3.63, 3.8) is 0 Å². The van der Waals surface area contributed by atoms with Crippen molar-refractivity contribution in [3.05, 3.63) is 29.8 Å². The van der Waals surface area contributed by atoms with E-state index in [2.05, 4.69) is 20.0 Å². The second-order valence-corrected chi connectivity index (χ2v) is 5.03. The highest BCUT2D eigenvalue weighted by atomic mass is 19.3. The number of Topliss-reactive ketones (excluding diaryl/α,β-unsaturated/α-hetero) is 1. The second kappa shape index (κ2) is 7.69. The zero-order valence-electron chi connectivity index (χ0n) is 13.5. The van der Waals surface area contributed by atoms with Gasteiger partial charge in [0.2, 0.25) is 5.88 Å². The number of hydrogen-bond donors (Lipinski definition) is 2. The zero-order chi connectivity index (χ0) is 18.6. The van der Waals surface area contributed by atoms with Crippen molar-refractivity contribution in [2.45, 2.75) is 27.0 Å². The van der Waals surface area contributed by atoms with Gasteiger partial charge in [-0.25, -0.2) is 14.8 Å². The van der Waals surface area contributed by atoms with E-state index in [-0.39, 0.29) is 41.7 Å². The number of amides is 1. The van der Waals surface area contributed by atoms with Crippen molar-refractivity contribution in [2.24, 2.45) is 0 Å². The minimum Gasteiger partial charge on any atom is -0.465 e. The monoisotopic (exact) mass is 354 g/mol. The highest BCUT2D eigenvalue weighted by Gasteiger charge is 2.23. The fourth-order valence-electron chi connectivity index (χ4n) is 2.41. The van der Waals surface area contributed by atoms with Crippen LogP contribution in [0, 0.1) is 6.92 Å². The summed E-state index contributed by atoms with van der Waals surface area (Å²) in [6, 6.07) is 2.98. The molecule has 0 unspecified atom stereocenters. The number of carbonyl (C=O) groups is 2. The number of rotatable bonds is 7. The van der Waals surface area contributed by atoms with Crippen molar-refractivity contribution in [2.75, 3.05) is 6.54 Å². The van der Waals surface area contributed by atoms with Crippen LogP contribution in [0.3, 0.4) is 0 Å². The third-order valence-electron chi connectivity index (χ3n) is 3.33. The van der Waals surface area contributed by atoms with E-state index >= 15 is 0 Å². The fraction of sp³-hybridized carbons (Fsp3) is 0.333. The van der Waals surface area contributed by atoms with E-state index in [1.165, 1.54) is 29.8 Å². The Labute approximate surface area is 141 Å². The van der Waals surface area contributed by atoms with E-state index < -0.39 is 12.7 Å². The lowest BCUT2D eigenvalue weighted by molar-refractivity contribution is -0.0524. The Morgan fingerprint density at radius 1 is 1.44 bits per heavy atom. The first-order valence-corrected chi connectivity index (χ1v) is 7.26. The smallest absolute Gasteiger partial charge is 0.404 e. The van der Waals surface area contributed by atoms with Crippen LogP contribution in [0.15, 0.2) is 18.3 Å². The van der Waals surface area contributed by atoms with Crippen LogP contribution >= 0.6 is 0 Å². The Bertz CT molecular complexity index is 792. The molecule has 2 N–H and O–H groups in total. The van der Waals surface area contributed by atoms with Gasteiger partial charge in [0.1, 0.15) is 17.2 Å². The Hall–Kier alpha value is -3.04. The van der Waals surface area contributed by atoms with Gasteiger partial charge < -0.3 is 19.7 Å². The molecular formula is C15H16F2N4O4. The molecule has 8 nitrogen and oxygen atoms in total. The summed E-state index contributed by atoms with van der Waals surface area (Å²) >= 11 is 0. The van der Waals surface area contributed by atoms with Gasteiger partial charge in [0, 0.05) is 26.2 Å². The number of ketones is 1. The predicted octanol–water partition coefficient (Wildman–Crippen LogP) is 2.33. The van der Waals surface area contributed by atoms with E-state index in [0.29, 0.717) is 5.82 Å². The van der Waals surface area contributed by atoms with Gasteiger partial charge in [0.25, 0.3) is 0 Å². The number of ether oxygens (including phenoxy) is 1. The molecule has 134 valence electrons. The maximum atomic E-state index is 12.6. The molecule has 0 aliphatic carbocycles. The Balaban J connectivity index is 2.49. The summed E-state index contributed by atoms with van der Waals surface area (Å²) in [5.41, 5.74) is 0.474. The molecule has 0 fully saturated rings. The number of halogens is 2. The molecule has 0 saturated heterocycles. The molecule has 0 radical (unpaired) electrons. The average molecular weight is 354 g/mol. The summed E-state index contributed by atoms with van der Waals surface area (Å²) < 4.78 is 31.1. The summed E-state index contributed by atoms with van der Waals surface area (Å²) in [7, 11) is 0. The number of carbonyl (C=O) groups excluding carboxylic acids is 1. The predicted molar refractivity (Wildman–Crippen MR) is 82.9 cm³/mol. The topological polar surface area (TPSA) is 106 Å². The van der Waals surface area contributed by atoms with Gasteiger partial charge in [-0.15, -0.1) is 0 Å². The van der Waals surface area contributed by atoms with E-state index in [4.69, 9.17) is 5.11 Å². The standard InChI is InChI=1S/C15H16F2N4O4/c1-8(22)12-11(10-4-3-5-18-13(10)25-14(16)17)20-9(2)21(12)7-6-19-15(23)24/h3-5,14,19H,6-7H2,1-2H3,(H,23,24). The molecule has 1 amide bonds. The molecule has 0 atom stereocenters. The summed E-state index contributed by atoms with van der Waals surface area (Å²) in [5, 5.41) is 10.8. The van der Waals surface area contributed by atoms with Crippen LogP contribution in [-0.2, 0) is 6.54 Å². The molecule has 0 spiro atoms. The van der Waals surface area contributed by atoms with Crippen LogP contribution in [-0.4, -0.2) is 44.7 Å². The molecule has 2 heterocycles. The number of pyridine rings is 1. The van der Waals surface area contributed by atoms with E-state index in [0.717, 1.165) is 0 Å². The van der Waals surface area contributed by atoms with E-state index in [9.17, 15) is 18.4 Å². The van der Waals surface area contributed by atoms with E-state index in [1.54, 1.807) is 6.92 Å². The third kappa shape index (κ3) is 4.28. The summed E-state index contributed by atoms with van der Waals surface area (Å²) in [5.74, 6) is -0.259. The number of carboxylic acid groups (broad SMARTS) is 1. The van der Waals surface area contributed by atoms with Crippen LogP contribution in [0.4, 0.5) is 13.6 Å². The summed E-state index contributed by atoms with van der Waals surface area (Å²) in [6.07, 6.45) is 0.0946. The first-order valence-electron chi connectivity index (χ1n) is 7.26. The molecule has 0 aliphatic heterocycles. The van der Waals surface area contributed by atoms with Gasteiger partial charge in [-0.2, -0.15) is 8.78 Å². The number of aryl methyl sites for hydroxylation is 1. The van der Waals surface area contributed by atoms with Gasteiger partial charge in [0.05, 0.1) is 5.56 Å². The summed E-state index contributed by atoms with van der Waals surface area (Å²) in [4.78, 5) is 30.7. The minimum atomic E-state index is -3.07. The Morgan fingerprint density at radius 2 is 2.16 bits per heavy atom. The molecule has 0 saturated carbocycles. The Morgan fingerprint density at radius 3 is 2.76 bits per heavy atom. The fourth-order valence-corrected chi connectivity index (χ4v) is 2.41. The van der Waals surface area contributed by atoms with Crippen LogP contribution in [0.2, 0.25) is 0 Å². The number of alkyl halides is 2. The molecule has 10 heteroatoms. The van der Waals surface area contributed by atoms with Gasteiger partial charge in [-0.05, 0) is 19.1 Å². The van der Waals surface area contributed by atoms with Crippen LogP contribution in [0.5, 0.6) is 5.88 Å². The number of nitrogens with zero attached hydrogens (tertiary/aromatic N) is 3. The van der Waals surface area contributed by atoms with Crippen molar-refractivity contribution >= 4 is 11.9 Å². The first-order chi connectivity index (χ1) is 11.8. The van der Waals surface area contributed by atoms with Gasteiger partial charge in [-0.1, -0.05) is 0 Å². The molecule has 0 bridgehead atoms. The number of aromatic nitrogens is 3. The van der Waals surface area contributed by atoms with Gasteiger partial charge in [0.15, 0.2) is 5.78 Å². The molecule has 2 aromatic heterocycles. The van der Waals surface area contributed by atoms with Gasteiger partial charge >= 0.3 is 12.7 Å². The van der Waals surface area contributed by atoms with Crippen molar-refractivity contribution in [1.82, 2.24) is 19.9 Å². The largest absolute Gasteiger partial charge is 0.465 e. The van der Waals surface area contributed by atoms with E-state index in [1.807, 2.05) is 0 Å². The third-order valence-corrected chi connectivity index (χ3v) is 3.33. The van der Waals surface area contributed by atoms with Crippen molar-refractivity contribution in [3.8, 4) is 17.1 Å². The summed E-state index contributed by atoms with van der Waals surface area (Å²) in [6.45, 7) is 0.0778. The number of hydrogen-bond acceptors (Lipinski definition) is 5. The normalized spacial score (nSPS) is 10.8. The number of nitrogens with one attached hydrogen (secondary N) is 1. The second-order valence-electron chi connectivity index (χ2n) is 5.03. The van der Waals surface area contributed by atoms with Crippen LogP contribution in [0.25, 0.3) is 11.3 Å². The maximum Gasteiger partial charge on any atom is 0.404 e. The van der Waals surface area contributed by atoms with Crippen LogP contribution < -0.4 is 10.1 Å². The van der Waals surface area contributed by atoms with Crippen molar-refractivity contribution in [1.29, 1.82) is 0 Å². The maximum absolute atomic E-state index is 12.6.